The summed E-state index contributed by atoms with van der Waals surface area (Å²) in [5, 5.41) is 4.12. The van der Waals surface area contributed by atoms with E-state index in [1.807, 2.05) is 38.4 Å². The molecule has 0 spiro atoms. The summed E-state index contributed by atoms with van der Waals surface area (Å²) in [7, 11) is 4.03. The van der Waals surface area contributed by atoms with Gasteiger partial charge < -0.3 is 19.9 Å². The van der Waals surface area contributed by atoms with Crippen LogP contribution in [0.2, 0.25) is 0 Å². The van der Waals surface area contributed by atoms with E-state index in [0.717, 1.165) is 43.5 Å². The van der Waals surface area contributed by atoms with Gasteiger partial charge in [-0.2, -0.15) is 4.98 Å². The van der Waals surface area contributed by atoms with Crippen molar-refractivity contribution < 1.29 is 9.26 Å². The molecule has 0 atom stereocenters. The Bertz CT molecular complexity index is 654. The highest BCUT2D eigenvalue weighted by Crippen LogP contribution is 2.36. The first kappa shape index (κ1) is 18.7. The smallest absolute Gasteiger partial charge is 0.261 e. The standard InChI is InChI=1S/C17H24N4O2.ClH/c1-21(2)11-12-22-14-8-4-3-7-13(14)15-19-16(20-23-15)17(18)9-5-6-10-17;/h3-4,7-8H,5-6,9-12,18H2,1-2H3;1H. The van der Waals surface area contributed by atoms with E-state index in [0.29, 0.717) is 18.3 Å². The zero-order valence-corrected chi connectivity index (χ0v) is 15.0. The van der Waals surface area contributed by atoms with Crippen LogP contribution in [0.1, 0.15) is 31.5 Å². The van der Waals surface area contributed by atoms with Gasteiger partial charge in [0.1, 0.15) is 12.4 Å². The summed E-state index contributed by atoms with van der Waals surface area (Å²) in [5.74, 6) is 1.83. The van der Waals surface area contributed by atoms with E-state index in [1.165, 1.54) is 0 Å². The topological polar surface area (TPSA) is 77.4 Å². The van der Waals surface area contributed by atoms with Gasteiger partial charge in [-0.05, 0) is 39.1 Å². The van der Waals surface area contributed by atoms with E-state index in [2.05, 4.69) is 15.0 Å². The maximum atomic E-state index is 6.40. The van der Waals surface area contributed by atoms with Gasteiger partial charge in [-0.15, -0.1) is 12.4 Å². The molecule has 1 heterocycles. The van der Waals surface area contributed by atoms with Gasteiger partial charge in [-0.3, -0.25) is 0 Å². The largest absolute Gasteiger partial charge is 0.491 e. The maximum absolute atomic E-state index is 6.40. The normalized spacial score (nSPS) is 16.2. The average molecular weight is 353 g/mol. The number of rotatable bonds is 6. The average Bonchev–Trinajstić information content (AvgIpc) is 3.17. The molecule has 2 N–H and O–H groups in total. The summed E-state index contributed by atoms with van der Waals surface area (Å²) in [6.07, 6.45) is 4.05. The second-order valence-corrected chi connectivity index (χ2v) is 6.43. The molecule has 0 unspecified atom stereocenters. The summed E-state index contributed by atoms with van der Waals surface area (Å²) in [6.45, 7) is 1.45. The van der Waals surface area contributed by atoms with Crippen LogP contribution in [0.15, 0.2) is 28.8 Å². The fourth-order valence-electron chi connectivity index (χ4n) is 2.87. The second-order valence-electron chi connectivity index (χ2n) is 6.43. The lowest BCUT2D eigenvalue weighted by atomic mass is 9.99. The van der Waals surface area contributed by atoms with E-state index >= 15 is 0 Å². The molecule has 1 saturated carbocycles. The molecule has 6 nitrogen and oxygen atoms in total. The fraction of sp³-hybridized carbons (Fsp3) is 0.529. The van der Waals surface area contributed by atoms with Crippen molar-refractivity contribution in [1.29, 1.82) is 0 Å². The minimum Gasteiger partial charge on any atom is -0.491 e. The van der Waals surface area contributed by atoms with Crippen molar-refractivity contribution >= 4 is 12.4 Å². The van der Waals surface area contributed by atoms with Gasteiger partial charge in [-0.1, -0.05) is 30.1 Å². The van der Waals surface area contributed by atoms with Crippen molar-refractivity contribution in [3.8, 4) is 17.2 Å². The zero-order valence-electron chi connectivity index (χ0n) is 14.2. The molecule has 2 aromatic rings. The highest BCUT2D eigenvalue weighted by molar-refractivity contribution is 5.85. The Kier molecular flexibility index (Phi) is 6.21. The summed E-state index contributed by atoms with van der Waals surface area (Å²) in [4.78, 5) is 6.62. The Morgan fingerprint density at radius 1 is 1.25 bits per heavy atom. The second kappa shape index (κ2) is 7.96. The van der Waals surface area contributed by atoms with E-state index in [9.17, 15) is 0 Å². The molecule has 0 amide bonds. The van der Waals surface area contributed by atoms with Crippen LogP contribution < -0.4 is 10.5 Å². The van der Waals surface area contributed by atoms with Gasteiger partial charge in [-0.25, -0.2) is 0 Å². The molecule has 1 aromatic carbocycles. The van der Waals surface area contributed by atoms with Crippen molar-refractivity contribution in [3.05, 3.63) is 30.1 Å². The molecule has 3 rings (SSSR count). The van der Waals surface area contributed by atoms with E-state index in [1.54, 1.807) is 0 Å². The number of hydrogen-bond acceptors (Lipinski definition) is 6. The first-order valence-electron chi connectivity index (χ1n) is 8.08. The number of para-hydroxylation sites is 1. The first-order valence-corrected chi connectivity index (χ1v) is 8.08. The van der Waals surface area contributed by atoms with Crippen LogP contribution in [0.5, 0.6) is 5.75 Å². The minimum atomic E-state index is -0.442. The van der Waals surface area contributed by atoms with Crippen molar-refractivity contribution in [2.45, 2.75) is 31.2 Å². The number of nitrogens with two attached hydrogens (primary N) is 1. The van der Waals surface area contributed by atoms with Crippen LogP contribution in [0.25, 0.3) is 11.5 Å². The zero-order chi connectivity index (χ0) is 16.3. The van der Waals surface area contributed by atoms with E-state index < -0.39 is 5.54 Å². The van der Waals surface area contributed by atoms with Gasteiger partial charge in [0, 0.05) is 6.54 Å². The molecular weight excluding hydrogens is 328 g/mol. The molecule has 1 fully saturated rings. The summed E-state index contributed by atoms with van der Waals surface area (Å²) in [6, 6.07) is 7.72. The van der Waals surface area contributed by atoms with Crippen molar-refractivity contribution in [1.82, 2.24) is 15.0 Å². The van der Waals surface area contributed by atoms with Crippen LogP contribution in [0.4, 0.5) is 0 Å². The van der Waals surface area contributed by atoms with Crippen molar-refractivity contribution in [2.24, 2.45) is 5.73 Å². The van der Waals surface area contributed by atoms with Crippen molar-refractivity contribution in [2.75, 3.05) is 27.2 Å². The molecule has 0 aliphatic heterocycles. The van der Waals surface area contributed by atoms with Gasteiger partial charge in [0.15, 0.2) is 5.82 Å². The summed E-state index contributed by atoms with van der Waals surface area (Å²) in [5.41, 5.74) is 6.77. The third-order valence-electron chi connectivity index (χ3n) is 4.28. The Labute approximate surface area is 148 Å². The third kappa shape index (κ3) is 4.06. The predicted octanol–water partition coefficient (Wildman–Crippen LogP) is 2.83. The Morgan fingerprint density at radius 3 is 2.67 bits per heavy atom. The van der Waals surface area contributed by atoms with Crippen LogP contribution in [0.3, 0.4) is 0 Å². The Morgan fingerprint density at radius 2 is 1.96 bits per heavy atom. The quantitative estimate of drug-likeness (QED) is 0.861. The number of hydrogen-bond donors (Lipinski definition) is 1. The number of benzene rings is 1. The van der Waals surface area contributed by atoms with Gasteiger partial charge in [0.05, 0.1) is 11.1 Å². The monoisotopic (exact) mass is 352 g/mol. The number of ether oxygens (including phenoxy) is 1. The molecule has 1 aromatic heterocycles. The van der Waals surface area contributed by atoms with Crippen LogP contribution in [-0.4, -0.2) is 42.3 Å². The minimum absolute atomic E-state index is 0. The maximum Gasteiger partial charge on any atom is 0.261 e. The van der Waals surface area contributed by atoms with Crippen LogP contribution in [0, 0.1) is 0 Å². The summed E-state index contributed by atoms with van der Waals surface area (Å²) >= 11 is 0. The van der Waals surface area contributed by atoms with Crippen LogP contribution >= 0.6 is 12.4 Å². The lowest BCUT2D eigenvalue weighted by molar-refractivity contribution is 0.261. The third-order valence-corrected chi connectivity index (χ3v) is 4.28. The molecule has 24 heavy (non-hydrogen) atoms. The molecule has 0 radical (unpaired) electrons. The van der Waals surface area contributed by atoms with Crippen LogP contribution in [-0.2, 0) is 5.54 Å². The molecule has 7 heteroatoms. The van der Waals surface area contributed by atoms with E-state index in [-0.39, 0.29) is 12.4 Å². The molecular formula is C17H25ClN4O2. The Hall–Kier alpha value is -1.63. The number of nitrogens with zero attached hydrogens (tertiary/aromatic N) is 3. The lowest BCUT2D eigenvalue weighted by Crippen LogP contribution is -2.34. The molecule has 0 bridgehead atoms. The molecule has 1 aliphatic rings. The van der Waals surface area contributed by atoms with Crippen molar-refractivity contribution in [3.63, 3.8) is 0 Å². The molecule has 132 valence electrons. The molecule has 0 saturated heterocycles. The van der Waals surface area contributed by atoms with E-state index in [4.69, 9.17) is 15.0 Å². The SMILES string of the molecule is CN(C)CCOc1ccccc1-c1nc(C2(N)CCCC2)no1.Cl. The fourth-order valence-corrected chi connectivity index (χ4v) is 2.87. The van der Waals surface area contributed by atoms with Gasteiger partial charge in [0.25, 0.3) is 5.89 Å². The predicted molar refractivity (Wildman–Crippen MR) is 95.4 cm³/mol. The highest BCUT2D eigenvalue weighted by Gasteiger charge is 2.36. The molecule has 1 aliphatic carbocycles. The number of halogens is 1. The number of aromatic nitrogens is 2. The first-order chi connectivity index (χ1) is 11.1. The van der Waals surface area contributed by atoms with Gasteiger partial charge >= 0.3 is 0 Å². The lowest BCUT2D eigenvalue weighted by Gasteiger charge is -2.17. The number of likely N-dealkylation sites (N-methyl/N-ethyl adjacent to an activating group) is 1. The van der Waals surface area contributed by atoms with Gasteiger partial charge in [0.2, 0.25) is 0 Å². The highest BCUT2D eigenvalue weighted by atomic mass is 35.5. The Balaban J connectivity index is 0.00000208. The summed E-state index contributed by atoms with van der Waals surface area (Å²) < 4.78 is 11.3.